The van der Waals surface area contributed by atoms with Gasteiger partial charge in [0.1, 0.15) is 12.5 Å². The van der Waals surface area contributed by atoms with E-state index in [4.69, 9.17) is 18.4 Å². The molecule has 0 bridgehead atoms. The third-order valence-corrected chi connectivity index (χ3v) is 10.4. The van der Waals surface area contributed by atoms with Crippen LogP contribution in [0.5, 0.6) is 5.75 Å². The van der Waals surface area contributed by atoms with Crippen molar-refractivity contribution in [1.82, 2.24) is 0 Å². The summed E-state index contributed by atoms with van der Waals surface area (Å²) in [6.07, 6.45) is 5.06. The maximum Gasteiger partial charge on any atom is 0.296 e. The molecule has 7 heteroatoms. The minimum absolute atomic E-state index is 0.0244. The molecule has 3 aliphatic rings. The van der Waals surface area contributed by atoms with Crippen LogP contribution in [-0.4, -0.2) is 42.1 Å². The number of rotatable bonds is 8. The Morgan fingerprint density at radius 2 is 1.83 bits per heavy atom. The third-order valence-electron chi connectivity index (χ3n) is 9.12. The fourth-order valence-corrected chi connectivity index (χ4v) is 8.41. The van der Waals surface area contributed by atoms with Gasteiger partial charge in [0.25, 0.3) is 10.1 Å². The van der Waals surface area contributed by atoms with Crippen LogP contribution in [0, 0.1) is 30.1 Å². The van der Waals surface area contributed by atoms with E-state index >= 15 is 0 Å². The van der Waals surface area contributed by atoms with E-state index in [1.165, 1.54) is 11.1 Å². The molecule has 0 radical (unpaired) electrons. The molecule has 0 aromatic heterocycles. The standard InChI is InChI=1S/C29H38O6S/c1-19-5-9-23(10-6-19)36(30,31)35-17-21-16-27(34-18-32-3)29(2)14-13-25-24-12-8-22(33-4)15-20(24)7-11-26(25)28(21)29/h5-6,8-10,12,15,21,25-28H,7,11,13-14,16-18H2,1-4H3/t21?,25-,26-,27+,28+,29-/m1/s1. The van der Waals surface area contributed by atoms with Crippen LogP contribution in [0.3, 0.4) is 0 Å². The van der Waals surface area contributed by atoms with Gasteiger partial charge in [-0.2, -0.15) is 8.42 Å². The van der Waals surface area contributed by atoms with Crippen molar-refractivity contribution in [3.63, 3.8) is 0 Å². The molecule has 6 nitrogen and oxygen atoms in total. The summed E-state index contributed by atoms with van der Waals surface area (Å²) in [6, 6.07) is 13.4. The minimum Gasteiger partial charge on any atom is -0.497 e. The average molecular weight is 515 g/mol. The number of ether oxygens (including phenoxy) is 3. The van der Waals surface area contributed by atoms with Gasteiger partial charge >= 0.3 is 0 Å². The second-order valence-electron chi connectivity index (χ2n) is 11.1. The molecule has 2 aromatic carbocycles. The lowest BCUT2D eigenvalue weighted by molar-refractivity contribution is -0.125. The highest BCUT2D eigenvalue weighted by Gasteiger charge is 2.59. The van der Waals surface area contributed by atoms with Crippen LogP contribution in [0.25, 0.3) is 0 Å². The largest absolute Gasteiger partial charge is 0.497 e. The Hall–Kier alpha value is -1.93. The van der Waals surface area contributed by atoms with Crippen molar-refractivity contribution in [2.24, 2.45) is 23.2 Å². The summed E-state index contributed by atoms with van der Waals surface area (Å²) in [5, 5.41) is 0. The van der Waals surface area contributed by atoms with E-state index in [0.717, 1.165) is 43.4 Å². The van der Waals surface area contributed by atoms with Gasteiger partial charge < -0.3 is 14.2 Å². The van der Waals surface area contributed by atoms with Crippen LogP contribution >= 0.6 is 0 Å². The molecule has 196 valence electrons. The van der Waals surface area contributed by atoms with Crippen molar-refractivity contribution in [1.29, 1.82) is 0 Å². The second kappa shape index (κ2) is 10.1. The first kappa shape index (κ1) is 25.7. The van der Waals surface area contributed by atoms with Crippen LogP contribution in [0.4, 0.5) is 0 Å². The van der Waals surface area contributed by atoms with Gasteiger partial charge in [-0.15, -0.1) is 0 Å². The Morgan fingerprint density at radius 1 is 1.06 bits per heavy atom. The SMILES string of the molecule is COCO[C@H]1CC(COS(=O)(=O)c2ccc(C)cc2)[C@H]2[C@@H]3CCc4cc(OC)ccc4[C@H]3CC[C@]12C. The lowest BCUT2D eigenvalue weighted by atomic mass is 9.54. The van der Waals surface area contributed by atoms with E-state index in [-0.39, 0.29) is 35.7 Å². The van der Waals surface area contributed by atoms with E-state index in [2.05, 4.69) is 25.1 Å². The average Bonchev–Trinajstić information content (AvgIpc) is 3.17. The fraction of sp³-hybridized carbons (Fsp3) is 0.586. The Morgan fingerprint density at radius 3 is 2.56 bits per heavy atom. The maximum atomic E-state index is 13.0. The summed E-state index contributed by atoms with van der Waals surface area (Å²) >= 11 is 0. The summed E-state index contributed by atoms with van der Waals surface area (Å²) in [5.74, 6) is 2.27. The van der Waals surface area contributed by atoms with Crippen molar-refractivity contribution in [3.8, 4) is 5.75 Å². The van der Waals surface area contributed by atoms with E-state index < -0.39 is 10.1 Å². The smallest absolute Gasteiger partial charge is 0.296 e. The molecule has 3 aliphatic carbocycles. The van der Waals surface area contributed by atoms with Gasteiger partial charge in [-0.25, -0.2) is 0 Å². The molecule has 2 saturated carbocycles. The maximum absolute atomic E-state index is 13.0. The zero-order chi connectivity index (χ0) is 25.5. The highest BCUT2D eigenvalue weighted by atomic mass is 32.2. The molecule has 1 unspecified atom stereocenters. The molecule has 0 saturated heterocycles. The van der Waals surface area contributed by atoms with Crippen molar-refractivity contribution in [2.75, 3.05) is 27.6 Å². The summed E-state index contributed by atoms with van der Waals surface area (Å²) < 4.78 is 48.7. The van der Waals surface area contributed by atoms with Crippen molar-refractivity contribution < 1.29 is 26.8 Å². The van der Waals surface area contributed by atoms with E-state index in [9.17, 15) is 8.42 Å². The summed E-state index contributed by atoms with van der Waals surface area (Å²) in [6.45, 7) is 4.71. The van der Waals surface area contributed by atoms with Gasteiger partial charge in [0.05, 0.1) is 24.7 Å². The normalized spacial score (nSPS) is 31.4. The highest BCUT2D eigenvalue weighted by Crippen LogP contribution is 2.63. The van der Waals surface area contributed by atoms with E-state index in [1.54, 1.807) is 38.5 Å². The van der Waals surface area contributed by atoms with Crippen molar-refractivity contribution >= 4 is 10.1 Å². The molecule has 6 atom stereocenters. The third kappa shape index (κ3) is 4.60. The first-order chi connectivity index (χ1) is 17.3. The molecule has 2 aromatic rings. The number of aryl methyl sites for hydroxylation is 2. The van der Waals surface area contributed by atoms with Crippen LogP contribution in [0.15, 0.2) is 47.4 Å². The molecule has 0 N–H and O–H groups in total. The number of hydrogen-bond donors (Lipinski definition) is 0. The number of benzene rings is 2. The molecule has 5 rings (SSSR count). The lowest BCUT2D eigenvalue weighted by Crippen LogP contribution is -2.46. The molecule has 2 fully saturated rings. The molecule has 0 amide bonds. The van der Waals surface area contributed by atoms with E-state index in [1.807, 2.05) is 6.92 Å². The summed E-state index contributed by atoms with van der Waals surface area (Å²) in [4.78, 5) is 0.211. The summed E-state index contributed by atoms with van der Waals surface area (Å²) in [5.41, 5.74) is 3.80. The zero-order valence-corrected chi connectivity index (χ0v) is 22.6. The first-order valence-electron chi connectivity index (χ1n) is 13.0. The first-order valence-corrected chi connectivity index (χ1v) is 14.4. The Labute approximate surface area is 215 Å². The number of methoxy groups -OCH3 is 2. The van der Waals surface area contributed by atoms with Crippen molar-refractivity contribution in [3.05, 3.63) is 59.2 Å². The van der Waals surface area contributed by atoms with Crippen LogP contribution < -0.4 is 4.74 Å². The Balaban J connectivity index is 1.42. The number of fused-ring (bicyclic) bond motifs is 5. The molecule has 0 spiro atoms. The molecule has 0 aliphatic heterocycles. The van der Waals surface area contributed by atoms with Crippen molar-refractivity contribution in [2.45, 2.75) is 62.9 Å². The van der Waals surface area contributed by atoms with Crippen LogP contribution in [0.2, 0.25) is 0 Å². The predicted octanol–water partition coefficient (Wildman–Crippen LogP) is 5.48. The topological polar surface area (TPSA) is 71.1 Å². The molecular weight excluding hydrogens is 476 g/mol. The molecule has 0 heterocycles. The second-order valence-corrected chi connectivity index (χ2v) is 12.7. The van der Waals surface area contributed by atoms with Crippen LogP contribution in [-0.2, 0) is 30.2 Å². The number of hydrogen-bond acceptors (Lipinski definition) is 6. The van der Waals surface area contributed by atoms with Gasteiger partial charge in [0, 0.05) is 7.11 Å². The minimum atomic E-state index is -3.82. The van der Waals surface area contributed by atoms with E-state index in [0.29, 0.717) is 17.8 Å². The quantitative estimate of drug-likeness (QED) is 0.343. The van der Waals surface area contributed by atoms with Gasteiger partial charge in [-0.1, -0.05) is 30.7 Å². The lowest BCUT2D eigenvalue weighted by Gasteiger charge is -2.51. The monoisotopic (exact) mass is 514 g/mol. The van der Waals surface area contributed by atoms with Gasteiger partial charge in [-0.05, 0) is 104 Å². The van der Waals surface area contributed by atoms with Crippen LogP contribution in [0.1, 0.15) is 55.2 Å². The zero-order valence-electron chi connectivity index (χ0n) is 21.7. The molecular formula is C29H38O6S. The van der Waals surface area contributed by atoms with Gasteiger partial charge in [0.2, 0.25) is 0 Å². The Kier molecular flexibility index (Phi) is 7.20. The van der Waals surface area contributed by atoms with Gasteiger partial charge in [0.15, 0.2) is 0 Å². The summed E-state index contributed by atoms with van der Waals surface area (Å²) in [7, 11) is -0.460. The Bertz CT molecular complexity index is 1180. The molecule has 36 heavy (non-hydrogen) atoms. The van der Waals surface area contributed by atoms with Gasteiger partial charge in [-0.3, -0.25) is 4.18 Å². The highest BCUT2D eigenvalue weighted by molar-refractivity contribution is 7.86. The predicted molar refractivity (Wildman–Crippen MR) is 138 cm³/mol. The fourth-order valence-electron chi connectivity index (χ4n) is 7.45.